The van der Waals surface area contributed by atoms with E-state index in [1.807, 2.05) is 68.1 Å². The second kappa shape index (κ2) is 10.9. The molecule has 1 heterocycles. The lowest BCUT2D eigenvalue weighted by atomic mass is 9.95. The molecule has 0 bridgehead atoms. The van der Waals surface area contributed by atoms with E-state index in [0.29, 0.717) is 37.1 Å². The molecule has 0 aromatic heterocycles. The summed E-state index contributed by atoms with van der Waals surface area (Å²) in [6.45, 7) is 7.06. The first kappa shape index (κ1) is 23.5. The highest BCUT2D eigenvalue weighted by atomic mass is 16.2. The molecule has 2 N–H and O–H groups in total. The van der Waals surface area contributed by atoms with Gasteiger partial charge >= 0.3 is 0 Å². The van der Waals surface area contributed by atoms with Gasteiger partial charge in [-0.3, -0.25) is 14.4 Å². The van der Waals surface area contributed by atoms with Crippen LogP contribution in [-0.2, 0) is 4.79 Å². The zero-order valence-electron chi connectivity index (χ0n) is 19.1. The third kappa shape index (κ3) is 5.75. The molecule has 3 rings (SSSR count). The second-order valence-corrected chi connectivity index (χ2v) is 8.59. The van der Waals surface area contributed by atoms with Crippen molar-refractivity contribution in [2.45, 2.75) is 52.1 Å². The molecule has 6 heteroatoms. The Hall–Kier alpha value is -3.15. The molecule has 1 saturated heterocycles. The molecule has 0 spiro atoms. The van der Waals surface area contributed by atoms with Gasteiger partial charge in [-0.1, -0.05) is 56.7 Å². The smallest absolute Gasteiger partial charge is 0.251 e. The number of hydrogen-bond acceptors (Lipinski definition) is 3. The lowest BCUT2D eigenvalue weighted by Crippen LogP contribution is -2.55. The molecule has 2 aromatic rings. The van der Waals surface area contributed by atoms with Crippen LogP contribution >= 0.6 is 0 Å². The molecule has 32 heavy (non-hydrogen) atoms. The van der Waals surface area contributed by atoms with Crippen LogP contribution in [0, 0.1) is 12.8 Å². The lowest BCUT2D eigenvalue weighted by Gasteiger charge is -2.36. The largest absolute Gasteiger partial charge is 0.349 e. The Morgan fingerprint density at radius 3 is 2.22 bits per heavy atom. The Morgan fingerprint density at radius 2 is 1.59 bits per heavy atom. The minimum absolute atomic E-state index is 0.0219. The van der Waals surface area contributed by atoms with E-state index in [4.69, 9.17) is 0 Å². The van der Waals surface area contributed by atoms with Crippen molar-refractivity contribution in [1.29, 1.82) is 0 Å². The van der Waals surface area contributed by atoms with Crippen LogP contribution in [0.15, 0.2) is 54.6 Å². The summed E-state index contributed by atoms with van der Waals surface area (Å²) in [7, 11) is 0. The van der Waals surface area contributed by atoms with Crippen LogP contribution < -0.4 is 10.6 Å². The quantitative estimate of drug-likeness (QED) is 0.698. The molecule has 1 aliphatic heterocycles. The monoisotopic (exact) mass is 435 g/mol. The molecule has 2 atom stereocenters. The molecule has 170 valence electrons. The predicted octanol–water partition coefficient (Wildman–Crippen LogP) is 3.56. The number of nitrogens with zero attached hydrogens (tertiary/aromatic N) is 1. The average Bonchev–Trinajstić information content (AvgIpc) is 2.82. The highest BCUT2D eigenvalue weighted by Crippen LogP contribution is 2.18. The fourth-order valence-electron chi connectivity index (χ4n) is 4.03. The zero-order chi connectivity index (χ0) is 23.1. The Bertz CT molecular complexity index is 936. The van der Waals surface area contributed by atoms with Crippen molar-refractivity contribution in [2.24, 2.45) is 5.92 Å². The molecule has 1 fully saturated rings. The summed E-state index contributed by atoms with van der Waals surface area (Å²) in [5.41, 5.74) is 2.18. The number of hydrogen-bond donors (Lipinski definition) is 2. The molecule has 0 radical (unpaired) electrons. The summed E-state index contributed by atoms with van der Waals surface area (Å²) in [5, 5.41) is 6.06. The molecule has 3 amide bonds. The summed E-state index contributed by atoms with van der Waals surface area (Å²) >= 11 is 0. The Balaban J connectivity index is 1.58. The minimum Gasteiger partial charge on any atom is -0.349 e. The van der Waals surface area contributed by atoms with Crippen molar-refractivity contribution in [2.75, 3.05) is 13.1 Å². The number of aryl methyl sites for hydroxylation is 1. The van der Waals surface area contributed by atoms with Crippen molar-refractivity contribution >= 4 is 17.7 Å². The van der Waals surface area contributed by atoms with Crippen molar-refractivity contribution in [3.8, 4) is 0 Å². The van der Waals surface area contributed by atoms with Gasteiger partial charge in [-0.05, 0) is 49.4 Å². The van der Waals surface area contributed by atoms with Gasteiger partial charge in [0.2, 0.25) is 5.91 Å². The lowest BCUT2D eigenvalue weighted by molar-refractivity contribution is -0.135. The van der Waals surface area contributed by atoms with Crippen molar-refractivity contribution in [3.05, 3.63) is 71.3 Å². The van der Waals surface area contributed by atoms with Crippen LogP contribution in [0.5, 0.6) is 0 Å². The van der Waals surface area contributed by atoms with E-state index in [1.54, 1.807) is 12.1 Å². The van der Waals surface area contributed by atoms with E-state index in [2.05, 4.69) is 10.6 Å². The van der Waals surface area contributed by atoms with Crippen LogP contribution in [-0.4, -0.2) is 47.8 Å². The van der Waals surface area contributed by atoms with Gasteiger partial charge in [0.1, 0.15) is 6.04 Å². The standard InChI is InChI=1S/C26H33N3O3/c1-4-18(2)23(28-24(30)20-11-6-5-7-12-20)26(32)29-16-14-21(15-17-29)27-25(31)22-13-9-8-10-19(22)3/h5-13,18,21,23H,4,14-17H2,1-3H3,(H,27,31)(H,28,30). The molecule has 6 nitrogen and oxygen atoms in total. The van der Waals surface area contributed by atoms with Crippen molar-refractivity contribution < 1.29 is 14.4 Å². The van der Waals surface area contributed by atoms with Gasteiger partial charge in [0, 0.05) is 30.3 Å². The van der Waals surface area contributed by atoms with Crippen molar-refractivity contribution in [3.63, 3.8) is 0 Å². The second-order valence-electron chi connectivity index (χ2n) is 8.59. The first-order valence-electron chi connectivity index (χ1n) is 11.4. The molecule has 1 aliphatic rings. The number of rotatable bonds is 7. The SMILES string of the molecule is CCC(C)C(NC(=O)c1ccccc1)C(=O)N1CCC(NC(=O)c2ccccc2C)CC1. The highest BCUT2D eigenvalue weighted by molar-refractivity contribution is 5.97. The van der Waals surface area contributed by atoms with Crippen molar-refractivity contribution in [1.82, 2.24) is 15.5 Å². The maximum absolute atomic E-state index is 13.3. The van der Waals surface area contributed by atoms with Crippen LogP contribution in [0.25, 0.3) is 0 Å². The minimum atomic E-state index is -0.564. The maximum Gasteiger partial charge on any atom is 0.251 e. The summed E-state index contributed by atoms with van der Waals surface area (Å²) in [6, 6.07) is 16.0. The van der Waals surface area contributed by atoms with Gasteiger partial charge in [0.25, 0.3) is 11.8 Å². The number of benzene rings is 2. The Kier molecular flexibility index (Phi) is 8.03. The normalized spacial score (nSPS) is 16.2. The number of amides is 3. The molecule has 2 aromatic carbocycles. The summed E-state index contributed by atoms with van der Waals surface area (Å²) in [5.74, 6) is -0.328. The average molecular weight is 436 g/mol. The van der Waals surface area contributed by atoms with Gasteiger partial charge in [0.15, 0.2) is 0 Å². The fraction of sp³-hybridized carbons (Fsp3) is 0.423. The summed E-state index contributed by atoms with van der Waals surface area (Å²) in [6.07, 6.45) is 2.18. The molecule has 0 aliphatic carbocycles. The number of carbonyl (C=O) groups excluding carboxylic acids is 3. The summed E-state index contributed by atoms with van der Waals surface area (Å²) < 4.78 is 0. The summed E-state index contributed by atoms with van der Waals surface area (Å²) in [4.78, 5) is 40.4. The van der Waals surface area contributed by atoms with E-state index < -0.39 is 6.04 Å². The van der Waals surface area contributed by atoms with E-state index in [0.717, 1.165) is 12.0 Å². The molecular weight excluding hydrogens is 402 g/mol. The van der Waals surface area contributed by atoms with Gasteiger partial charge < -0.3 is 15.5 Å². The highest BCUT2D eigenvalue weighted by Gasteiger charge is 2.32. The number of likely N-dealkylation sites (tertiary alicyclic amines) is 1. The molecule has 0 saturated carbocycles. The first-order valence-corrected chi connectivity index (χ1v) is 11.4. The van der Waals surface area contributed by atoms with E-state index >= 15 is 0 Å². The number of nitrogens with one attached hydrogen (secondary N) is 2. The molecular formula is C26H33N3O3. The van der Waals surface area contributed by atoms with E-state index in [9.17, 15) is 14.4 Å². The van der Waals surface area contributed by atoms with Gasteiger partial charge in [-0.15, -0.1) is 0 Å². The Labute approximate surface area is 190 Å². The topological polar surface area (TPSA) is 78.5 Å². The first-order chi connectivity index (χ1) is 15.4. The van der Waals surface area contributed by atoms with Crippen LogP contribution in [0.3, 0.4) is 0 Å². The predicted molar refractivity (Wildman–Crippen MR) is 125 cm³/mol. The third-order valence-corrected chi connectivity index (χ3v) is 6.33. The van der Waals surface area contributed by atoms with Crippen LogP contribution in [0.2, 0.25) is 0 Å². The van der Waals surface area contributed by atoms with E-state index in [1.165, 1.54) is 0 Å². The fourth-order valence-corrected chi connectivity index (χ4v) is 4.03. The molecule has 2 unspecified atom stereocenters. The maximum atomic E-state index is 13.3. The van der Waals surface area contributed by atoms with Gasteiger partial charge in [-0.25, -0.2) is 0 Å². The number of carbonyl (C=O) groups is 3. The van der Waals surface area contributed by atoms with Gasteiger partial charge in [0.05, 0.1) is 0 Å². The zero-order valence-corrected chi connectivity index (χ0v) is 19.1. The number of piperidine rings is 1. The van der Waals surface area contributed by atoms with Gasteiger partial charge in [-0.2, -0.15) is 0 Å². The van der Waals surface area contributed by atoms with Crippen LogP contribution in [0.4, 0.5) is 0 Å². The Morgan fingerprint density at radius 1 is 0.969 bits per heavy atom. The van der Waals surface area contributed by atoms with E-state index in [-0.39, 0.29) is 29.7 Å². The van der Waals surface area contributed by atoms with Crippen LogP contribution in [0.1, 0.15) is 59.4 Å². The third-order valence-electron chi connectivity index (χ3n) is 6.33.